The van der Waals surface area contributed by atoms with Crippen LogP contribution in [0.3, 0.4) is 0 Å². The molecule has 0 fully saturated rings. The summed E-state index contributed by atoms with van der Waals surface area (Å²) in [5.74, 6) is 0.790. The minimum Gasteiger partial charge on any atom is -0.450 e. The lowest BCUT2D eigenvalue weighted by Crippen LogP contribution is -2.23. The summed E-state index contributed by atoms with van der Waals surface area (Å²) in [7, 11) is 3.65. The highest BCUT2D eigenvalue weighted by Gasteiger charge is 2.15. The first-order chi connectivity index (χ1) is 9.31. The third kappa shape index (κ3) is 2.02. The zero-order chi connectivity index (χ0) is 13.2. The summed E-state index contributed by atoms with van der Waals surface area (Å²) in [5, 5.41) is 1.02. The molecular weight excluding hydrogens is 242 g/mol. The number of benzene rings is 1. The van der Waals surface area contributed by atoms with Crippen LogP contribution < -0.4 is 4.90 Å². The van der Waals surface area contributed by atoms with Gasteiger partial charge in [0, 0.05) is 26.1 Å². The number of hydrogen-bond donors (Lipinski definition) is 0. The Labute approximate surface area is 110 Å². The summed E-state index contributed by atoms with van der Waals surface area (Å²) < 4.78 is 11.0. The molecule has 5 heteroatoms. The van der Waals surface area contributed by atoms with Gasteiger partial charge in [-0.05, 0) is 12.1 Å². The topological polar surface area (TPSA) is 51.4 Å². The summed E-state index contributed by atoms with van der Waals surface area (Å²) >= 11 is 0. The van der Waals surface area contributed by atoms with Gasteiger partial charge in [-0.3, -0.25) is 0 Å². The second kappa shape index (κ2) is 4.85. The fourth-order valence-electron chi connectivity index (χ4n) is 2.12. The maximum Gasteiger partial charge on any atom is 0.196 e. The molecule has 0 atom stereocenters. The molecule has 19 heavy (non-hydrogen) atoms. The van der Waals surface area contributed by atoms with Gasteiger partial charge in [0.1, 0.15) is 17.4 Å². The molecule has 0 aliphatic heterocycles. The molecule has 0 spiro atoms. The van der Waals surface area contributed by atoms with Gasteiger partial charge in [-0.1, -0.05) is 12.1 Å². The molecule has 0 bridgehead atoms. The van der Waals surface area contributed by atoms with Gasteiger partial charge in [-0.15, -0.1) is 0 Å². The fourth-order valence-corrected chi connectivity index (χ4v) is 2.12. The van der Waals surface area contributed by atoms with Gasteiger partial charge >= 0.3 is 0 Å². The first kappa shape index (κ1) is 11.9. The predicted molar refractivity (Wildman–Crippen MR) is 74.5 cm³/mol. The van der Waals surface area contributed by atoms with Gasteiger partial charge in [-0.25, -0.2) is 9.97 Å². The van der Waals surface area contributed by atoms with Crippen molar-refractivity contribution in [2.45, 2.75) is 0 Å². The maximum absolute atomic E-state index is 5.88. The van der Waals surface area contributed by atoms with E-state index in [1.54, 1.807) is 13.4 Å². The van der Waals surface area contributed by atoms with Gasteiger partial charge in [-0.2, -0.15) is 0 Å². The number of methoxy groups -OCH3 is 1. The normalized spacial score (nSPS) is 11.3. The lowest BCUT2D eigenvalue weighted by atomic mass is 10.2. The summed E-state index contributed by atoms with van der Waals surface area (Å²) in [5.41, 5.74) is 2.41. The Morgan fingerprint density at radius 1 is 1.26 bits per heavy atom. The molecule has 0 radical (unpaired) electrons. The summed E-state index contributed by atoms with van der Waals surface area (Å²) in [6, 6.07) is 7.88. The number of nitrogens with zero attached hydrogens (tertiary/aromatic N) is 3. The van der Waals surface area contributed by atoms with Gasteiger partial charge in [0.15, 0.2) is 11.4 Å². The average Bonchev–Trinajstić information content (AvgIpc) is 2.83. The van der Waals surface area contributed by atoms with Crippen molar-refractivity contribution in [3.8, 4) is 0 Å². The quantitative estimate of drug-likeness (QED) is 0.718. The third-order valence-corrected chi connectivity index (χ3v) is 3.13. The van der Waals surface area contributed by atoms with Crippen LogP contribution in [0.4, 0.5) is 5.82 Å². The maximum atomic E-state index is 5.88. The molecule has 0 saturated carbocycles. The zero-order valence-corrected chi connectivity index (χ0v) is 11.0. The lowest BCUT2D eigenvalue weighted by Gasteiger charge is -2.16. The van der Waals surface area contributed by atoms with Gasteiger partial charge in [0.2, 0.25) is 0 Å². The summed E-state index contributed by atoms with van der Waals surface area (Å²) in [6.45, 7) is 1.39. The van der Waals surface area contributed by atoms with Crippen LogP contribution >= 0.6 is 0 Å². The standard InChI is InChI=1S/C14H15N3O2/c1-17(7-8-18-2)14-13-12(15-9-16-14)10-5-3-4-6-11(10)19-13/h3-6,9H,7-8H2,1-2H3. The van der Waals surface area contributed by atoms with E-state index in [9.17, 15) is 0 Å². The smallest absolute Gasteiger partial charge is 0.196 e. The largest absolute Gasteiger partial charge is 0.450 e. The average molecular weight is 257 g/mol. The minimum absolute atomic E-state index is 0.641. The number of aromatic nitrogens is 2. The molecule has 3 rings (SSSR count). The molecule has 0 aliphatic carbocycles. The monoisotopic (exact) mass is 257 g/mol. The van der Waals surface area contributed by atoms with Crippen LogP contribution in [0.25, 0.3) is 22.1 Å². The Bertz CT molecular complexity index is 708. The van der Waals surface area contributed by atoms with Crippen LogP contribution in [0.15, 0.2) is 35.0 Å². The predicted octanol–water partition coefficient (Wildman–Crippen LogP) is 2.46. The molecule has 98 valence electrons. The van der Waals surface area contributed by atoms with E-state index in [1.165, 1.54) is 0 Å². The van der Waals surface area contributed by atoms with Crippen molar-refractivity contribution in [3.63, 3.8) is 0 Å². The van der Waals surface area contributed by atoms with Gasteiger partial charge < -0.3 is 14.1 Å². The van der Waals surface area contributed by atoms with Crippen molar-refractivity contribution in [1.82, 2.24) is 9.97 Å². The van der Waals surface area contributed by atoms with E-state index in [0.717, 1.165) is 34.4 Å². The minimum atomic E-state index is 0.641. The highest BCUT2D eigenvalue weighted by atomic mass is 16.5. The molecule has 2 heterocycles. The molecule has 1 aromatic carbocycles. The molecule has 0 saturated heterocycles. The SMILES string of the molecule is COCCN(C)c1ncnc2c1oc1ccccc12. The third-order valence-electron chi connectivity index (χ3n) is 3.13. The Kier molecular flexibility index (Phi) is 3.05. The number of likely N-dealkylation sites (N-methyl/N-ethyl adjacent to an activating group) is 1. The highest BCUT2D eigenvalue weighted by molar-refractivity contribution is 6.05. The second-order valence-corrected chi connectivity index (χ2v) is 4.39. The first-order valence-electron chi connectivity index (χ1n) is 6.13. The van der Waals surface area contributed by atoms with E-state index in [-0.39, 0.29) is 0 Å². The van der Waals surface area contributed by atoms with Crippen LogP contribution in [-0.4, -0.2) is 37.3 Å². The Balaban J connectivity index is 2.15. The van der Waals surface area contributed by atoms with E-state index in [1.807, 2.05) is 36.2 Å². The molecule has 3 aromatic rings. The number of rotatable bonds is 4. The van der Waals surface area contributed by atoms with Crippen LogP contribution in [0, 0.1) is 0 Å². The Hall–Kier alpha value is -2.14. The molecular formula is C14H15N3O2. The zero-order valence-electron chi connectivity index (χ0n) is 11.0. The number of ether oxygens (including phenoxy) is 1. The van der Waals surface area contributed by atoms with Crippen molar-refractivity contribution >= 4 is 27.9 Å². The molecule has 0 aliphatic rings. The Morgan fingerprint density at radius 3 is 2.95 bits per heavy atom. The number of para-hydroxylation sites is 1. The molecule has 0 amide bonds. The van der Waals surface area contributed by atoms with Gasteiger partial charge in [0.05, 0.1) is 6.61 Å². The van der Waals surface area contributed by atoms with Crippen molar-refractivity contribution in [2.24, 2.45) is 0 Å². The number of furan rings is 1. The van der Waals surface area contributed by atoms with Crippen LogP contribution in [0.2, 0.25) is 0 Å². The van der Waals surface area contributed by atoms with Crippen molar-refractivity contribution in [1.29, 1.82) is 0 Å². The van der Waals surface area contributed by atoms with Crippen molar-refractivity contribution in [3.05, 3.63) is 30.6 Å². The van der Waals surface area contributed by atoms with Crippen LogP contribution in [-0.2, 0) is 4.74 Å². The molecule has 0 unspecified atom stereocenters. The van der Waals surface area contributed by atoms with E-state index in [4.69, 9.17) is 9.15 Å². The molecule has 0 N–H and O–H groups in total. The van der Waals surface area contributed by atoms with Crippen LogP contribution in [0.5, 0.6) is 0 Å². The van der Waals surface area contributed by atoms with Crippen molar-refractivity contribution < 1.29 is 9.15 Å². The summed E-state index contributed by atoms with van der Waals surface area (Å²) in [6.07, 6.45) is 1.57. The van der Waals surface area contributed by atoms with Crippen LogP contribution in [0.1, 0.15) is 0 Å². The van der Waals surface area contributed by atoms with E-state index in [2.05, 4.69) is 9.97 Å². The molecule has 2 aromatic heterocycles. The number of hydrogen-bond acceptors (Lipinski definition) is 5. The number of fused-ring (bicyclic) bond motifs is 3. The van der Waals surface area contributed by atoms with E-state index < -0.39 is 0 Å². The number of anilines is 1. The summed E-state index contributed by atoms with van der Waals surface area (Å²) in [4.78, 5) is 10.7. The first-order valence-corrected chi connectivity index (χ1v) is 6.13. The fraction of sp³-hybridized carbons (Fsp3) is 0.286. The van der Waals surface area contributed by atoms with Gasteiger partial charge in [0.25, 0.3) is 0 Å². The van der Waals surface area contributed by atoms with E-state index >= 15 is 0 Å². The highest BCUT2D eigenvalue weighted by Crippen LogP contribution is 2.31. The van der Waals surface area contributed by atoms with Crippen molar-refractivity contribution in [2.75, 3.05) is 32.2 Å². The van der Waals surface area contributed by atoms with E-state index in [0.29, 0.717) is 6.61 Å². The molecule has 5 nitrogen and oxygen atoms in total. The second-order valence-electron chi connectivity index (χ2n) is 4.39. The Morgan fingerprint density at radius 2 is 2.11 bits per heavy atom. The lowest BCUT2D eigenvalue weighted by molar-refractivity contribution is 0.206.